The summed E-state index contributed by atoms with van der Waals surface area (Å²) in [7, 11) is 0. The van der Waals surface area contributed by atoms with E-state index >= 15 is 0 Å². The number of aliphatic hydroxyl groups excluding tert-OH is 1. The van der Waals surface area contributed by atoms with Gasteiger partial charge in [0.2, 0.25) is 5.82 Å². The molecule has 0 spiro atoms. The van der Waals surface area contributed by atoms with Crippen LogP contribution in [0, 0.1) is 13.8 Å². The van der Waals surface area contributed by atoms with Gasteiger partial charge in [0.1, 0.15) is 6.33 Å². The quantitative estimate of drug-likeness (QED) is 0.751. The fourth-order valence-electron chi connectivity index (χ4n) is 2.58. The van der Waals surface area contributed by atoms with Gasteiger partial charge in [-0.15, -0.1) is 5.10 Å². The first-order valence-electron chi connectivity index (χ1n) is 8.04. The number of nitrogens with zero attached hydrogens (tertiary/aromatic N) is 3. The summed E-state index contributed by atoms with van der Waals surface area (Å²) in [5, 5.41) is 17.2. The van der Waals surface area contributed by atoms with Crippen molar-refractivity contribution in [2.24, 2.45) is 0 Å². The van der Waals surface area contributed by atoms with Crippen molar-refractivity contribution >= 4 is 11.6 Å². The van der Waals surface area contributed by atoms with E-state index in [1.165, 1.54) is 11.0 Å². The van der Waals surface area contributed by atoms with Crippen molar-refractivity contribution < 1.29 is 9.90 Å². The lowest BCUT2D eigenvalue weighted by Crippen LogP contribution is -2.16. The molecule has 0 saturated heterocycles. The lowest BCUT2D eigenvalue weighted by Gasteiger charge is -2.10. The number of rotatable bonds is 5. The van der Waals surface area contributed by atoms with E-state index in [1.54, 1.807) is 0 Å². The fourth-order valence-corrected chi connectivity index (χ4v) is 2.58. The summed E-state index contributed by atoms with van der Waals surface area (Å²) in [5.74, 6) is -0.305. The van der Waals surface area contributed by atoms with Gasteiger partial charge < -0.3 is 10.4 Å². The Morgan fingerprint density at radius 3 is 2.68 bits per heavy atom. The molecule has 6 heteroatoms. The average molecular weight is 336 g/mol. The van der Waals surface area contributed by atoms with E-state index in [9.17, 15) is 9.90 Å². The second-order valence-corrected chi connectivity index (χ2v) is 5.99. The van der Waals surface area contributed by atoms with E-state index in [0.29, 0.717) is 0 Å². The summed E-state index contributed by atoms with van der Waals surface area (Å²) in [6, 6.07) is 15.1. The Bertz CT molecular complexity index is 874. The molecule has 128 valence electrons. The number of carbonyl (C=O) groups excluding carboxylic acids is 1. The molecule has 3 rings (SSSR count). The van der Waals surface area contributed by atoms with E-state index < -0.39 is 6.10 Å². The number of hydrogen-bond donors (Lipinski definition) is 2. The van der Waals surface area contributed by atoms with E-state index in [2.05, 4.69) is 15.4 Å². The van der Waals surface area contributed by atoms with Crippen LogP contribution in [0.15, 0.2) is 54.9 Å². The van der Waals surface area contributed by atoms with Crippen LogP contribution < -0.4 is 5.32 Å². The zero-order valence-corrected chi connectivity index (χ0v) is 14.2. The molecule has 3 aromatic rings. The molecule has 0 saturated carbocycles. The molecular formula is C19H20N4O2. The largest absolute Gasteiger partial charge is 0.386 e. The van der Waals surface area contributed by atoms with Crippen molar-refractivity contribution in [3.05, 3.63) is 77.4 Å². The molecule has 0 aliphatic rings. The smallest absolute Gasteiger partial charge is 0.295 e. The van der Waals surface area contributed by atoms with Crippen LogP contribution >= 0.6 is 0 Å². The third-order valence-corrected chi connectivity index (χ3v) is 3.91. The molecule has 1 atom stereocenters. The van der Waals surface area contributed by atoms with Crippen LogP contribution in [0.5, 0.6) is 0 Å². The first-order valence-corrected chi connectivity index (χ1v) is 8.04. The van der Waals surface area contributed by atoms with Crippen molar-refractivity contribution in [1.29, 1.82) is 0 Å². The van der Waals surface area contributed by atoms with Crippen molar-refractivity contribution in [1.82, 2.24) is 14.8 Å². The van der Waals surface area contributed by atoms with Crippen LogP contribution in [0.1, 0.15) is 33.4 Å². The molecule has 1 amide bonds. The van der Waals surface area contributed by atoms with Crippen molar-refractivity contribution in [2.45, 2.75) is 26.5 Å². The molecule has 0 bridgehead atoms. The Balaban J connectivity index is 1.67. The highest BCUT2D eigenvalue weighted by Crippen LogP contribution is 2.17. The lowest BCUT2D eigenvalue weighted by atomic mass is 10.1. The number of carbonyl (C=O) groups is 1. The van der Waals surface area contributed by atoms with Gasteiger partial charge in [-0.25, -0.2) is 9.67 Å². The van der Waals surface area contributed by atoms with Crippen LogP contribution in [0.25, 0.3) is 0 Å². The number of aryl methyl sites for hydroxylation is 2. The van der Waals surface area contributed by atoms with Crippen LogP contribution in [0.3, 0.4) is 0 Å². The van der Waals surface area contributed by atoms with E-state index in [1.807, 2.05) is 62.4 Å². The summed E-state index contributed by atoms with van der Waals surface area (Å²) >= 11 is 0. The van der Waals surface area contributed by atoms with E-state index in [4.69, 9.17) is 0 Å². The van der Waals surface area contributed by atoms with Crippen LogP contribution in [-0.2, 0) is 6.54 Å². The van der Waals surface area contributed by atoms with Crippen LogP contribution in [-0.4, -0.2) is 25.8 Å². The lowest BCUT2D eigenvalue weighted by molar-refractivity contribution is 0.101. The maximum absolute atomic E-state index is 12.3. The Hall–Kier alpha value is -2.99. The molecule has 1 aromatic heterocycles. The third kappa shape index (κ3) is 4.10. The van der Waals surface area contributed by atoms with Gasteiger partial charge in [-0.2, -0.15) is 0 Å². The predicted molar refractivity (Wildman–Crippen MR) is 95.3 cm³/mol. The molecule has 0 radical (unpaired) electrons. The summed E-state index contributed by atoms with van der Waals surface area (Å²) in [6.45, 7) is 4.17. The van der Waals surface area contributed by atoms with Crippen LogP contribution in [0.2, 0.25) is 0 Å². The minimum atomic E-state index is -0.710. The molecule has 2 N–H and O–H groups in total. The highest BCUT2D eigenvalue weighted by atomic mass is 16.3. The molecule has 0 aliphatic carbocycles. The number of aliphatic hydroxyl groups is 1. The van der Waals surface area contributed by atoms with Crippen molar-refractivity contribution in [3.8, 4) is 0 Å². The van der Waals surface area contributed by atoms with E-state index in [0.717, 1.165) is 22.4 Å². The zero-order valence-electron chi connectivity index (χ0n) is 14.2. The SMILES string of the molecule is Cc1ccc(NC(=O)c2ncn(C[C@@H](O)c3ccccc3)n2)c(C)c1. The maximum atomic E-state index is 12.3. The second kappa shape index (κ2) is 7.27. The number of aromatic nitrogens is 3. The number of amides is 1. The topological polar surface area (TPSA) is 80.0 Å². The maximum Gasteiger partial charge on any atom is 0.295 e. The highest BCUT2D eigenvalue weighted by molar-refractivity contribution is 6.01. The molecule has 0 fully saturated rings. The van der Waals surface area contributed by atoms with Gasteiger partial charge in [-0.3, -0.25) is 4.79 Å². The third-order valence-electron chi connectivity index (χ3n) is 3.91. The van der Waals surface area contributed by atoms with Gasteiger partial charge >= 0.3 is 0 Å². The highest BCUT2D eigenvalue weighted by Gasteiger charge is 2.15. The Kier molecular flexibility index (Phi) is 4.90. The zero-order chi connectivity index (χ0) is 17.8. The second-order valence-electron chi connectivity index (χ2n) is 5.99. The first-order chi connectivity index (χ1) is 12.0. The molecule has 0 unspecified atom stereocenters. The normalized spacial score (nSPS) is 12.0. The van der Waals surface area contributed by atoms with Gasteiger partial charge in [0.15, 0.2) is 0 Å². The van der Waals surface area contributed by atoms with Crippen molar-refractivity contribution in [3.63, 3.8) is 0 Å². The fraction of sp³-hybridized carbons (Fsp3) is 0.211. The predicted octanol–water partition coefficient (Wildman–Crippen LogP) is 2.88. The number of anilines is 1. The summed E-state index contributed by atoms with van der Waals surface area (Å²) in [4.78, 5) is 16.3. The van der Waals surface area contributed by atoms with Crippen LogP contribution in [0.4, 0.5) is 5.69 Å². The summed E-state index contributed by atoms with van der Waals surface area (Å²) in [5.41, 5.74) is 3.63. The van der Waals surface area contributed by atoms with Gasteiger partial charge in [0, 0.05) is 5.69 Å². The summed E-state index contributed by atoms with van der Waals surface area (Å²) in [6.07, 6.45) is 0.737. The summed E-state index contributed by atoms with van der Waals surface area (Å²) < 4.78 is 1.47. The van der Waals surface area contributed by atoms with E-state index in [-0.39, 0.29) is 18.3 Å². The van der Waals surface area contributed by atoms with Gasteiger partial charge in [-0.05, 0) is 31.0 Å². The first kappa shape index (κ1) is 16.9. The molecule has 25 heavy (non-hydrogen) atoms. The molecule has 1 heterocycles. The molecular weight excluding hydrogens is 316 g/mol. The Labute approximate surface area is 146 Å². The minimum absolute atomic E-state index is 0.0697. The van der Waals surface area contributed by atoms with Gasteiger partial charge in [-0.1, -0.05) is 48.0 Å². The molecule has 6 nitrogen and oxygen atoms in total. The minimum Gasteiger partial charge on any atom is -0.386 e. The number of nitrogens with one attached hydrogen (secondary N) is 1. The number of benzene rings is 2. The Morgan fingerprint density at radius 2 is 1.96 bits per heavy atom. The Morgan fingerprint density at radius 1 is 1.20 bits per heavy atom. The molecule has 0 aliphatic heterocycles. The van der Waals surface area contributed by atoms with Crippen molar-refractivity contribution in [2.75, 3.05) is 5.32 Å². The average Bonchev–Trinajstić information content (AvgIpc) is 3.07. The van der Waals surface area contributed by atoms with Gasteiger partial charge in [0.05, 0.1) is 12.6 Å². The standard InChI is InChI=1S/C19H20N4O2/c1-13-8-9-16(14(2)10-13)21-19(25)18-20-12-23(22-18)11-17(24)15-6-4-3-5-7-15/h3-10,12,17,24H,11H2,1-2H3,(H,21,25)/t17-/m1/s1. The number of hydrogen-bond acceptors (Lipinski definition) is 4. The monoisotopic (exact) mass is 336 g/mol. The van der Waals surface area contributed by atoms with Gasteiger partial charge in [0.25, 0.3) is 5.91 Å². The molecule has 2 aromatic carbocycles.